The number of ether oxygens (including phenoxy) is 1. The molecule has 2 N–H and O–H groups in total. The molecule has 2 nitrogen and oxygen atoms in total. The van der Waals surface area contributed by atoms with Gasteiger partial charge in [-0.1, -0.05) is 22.0 Å². The minimum Gasteiger partial charge on any atom is -0.502 e. The summed E-state index contributed by atoms with van der Waals surface area (Å²) in [7, 11) is 1.57. The monoisotopic (exact) mass is 231 g/mol. The van der Waals surface area contributed by atoms with Gasteiger partial charge in [0, 0.05) is 4.48 Å². The summed E-state index contributed by atoms with van der Waals surface area (Å²) in [5, 5.41) is 0. The third kappa shape index (κ3) is 4.23. The largest absolute Gasteiger partial charge is 0.502 e. The molecule has 0 radical (unpaired) electrons. The zero-order valence-corrected chi connectivity index (χ0v) is 9.18. The van der Waals surface area contributed by atoms with E-state index in [0.29, 0.717) is 5.70 Å². The van der Waals surface area contributed by atoms with Crippen molar-refractivity contribution >= 4 is 15.9 Å². The Balaban J connectivity index is 4.48. The van der Waals surface area contributed by atoms with Gasteiger partial charge in [0.2, 0.25) is 0 Å². The van der Waals surface area contributed by atoms with Crippen LogP contribution in [0.2, 0.25) is 0 Å². The van der Waals surface area contributed by atoms with Gasteiger partial charge >= 0.3 is 0 Å². The van der Waals surface area contributed by atoms with Crippen molar-refractivity contribution in [2.75, 3.05) is 7.11 Å². The second-order valence-corrected chi connectivity index (χ2v) is 3.23. The molecular weight excluding hydrogens is 218 g/mol. The molecule has 0 unspecified atom stereocenters. The van der Waals surface area contributed by atoms with Gasteiger partial charge < -0.3 is 10.5 Å². The highest BCUT2D eigenvalue weighted by Crippen LogP contribution is 2.12. The molecule has 12 heavy (non-hydrogen) atoms. The smallest absolute Gasteiger partial charge is 0.106 e. The molecule has 0 aliphatic carbocycles. The van der Waals surface area contributed by atoms with E-state index in [1.54, 1.807) is 7.11 Å². The molecule has 0 fully saturated rings. The molecule has 68 valence electrons. The van der Waals surface area contributed by atoms with Crippen LogP contribution in [0.4, 0.5) is 0 Å². The van der Waals surface area contributed by atoms with Crippen molar-refractivity contribution in [3.05, 3.63) is 34.2 Å². The maximum Gasteiger partial charge on any atom is 0.106 e. The van der Waals surface area contributed by atoms with Crippen molar-refractivity contribution in [2.45, 2.75) is 13.8 Å². The van der Waals surface area contributed by atoms with Gasteiger partial charge in [0.05, 0.1) is 12.8 Å². The van der Waals surface area contributed by atoms with Crippen LogP contribution in [0.25, 0.3) is 0 Å². The van der Waals surface area contributed by atoms with Crippen molar-refractivity contribution in [3.8, 4) is 0 Å². The fourth-order valence-corrected chi connectivity index (χ4v) is 0.937. The van der Waals surface area contributed by atoms with Crippen LogP contribution >= 0.6 is 15.9 Å². The fraction of sp³-hybridized carbons (Fsp3) is 0.333. The number of rotatable bonds is 3. The molecule has 0 aliphatic heterocycles. The SMILES string of the molecule is C\C=C(Br)/C=C(C)\C(N)=C\OC. The van der Waals surface area contributed by atoms with Gasteiger partial charge in [0.15, 0.2) is 0 Å². The summed E-state index contributed by atoms with van der Waals surface area (Å²) in [4.78, 5) is 0. The zero-order chi connectivity index (χ0) is 9.56. The van der Waals surface area contributed by atoms with Crippen LogP contribution < -0.4 is 5.73 Å². The summed E-state index contributed by atoms with van der Waals surface area (Å²) >= 11 is 3.36. The fourth-order valence-electron chi connectivity index (χ4n) is 0.593. The Morgan fingerprint density at radius 1 is 1.50 bits per heavy atom. The van der Waals surface area contributed by atoms with Gasteiger partial charge in [-0.3, -0.25) is 0 Å². The maximum absolute atomic E-state index is 5.65. The van der Waals surface area contributed by atoms with Crippen molar-refractivity contribution < 1.29 is 4.74 Å². The highest BCUT2D eigenvalue weighted by molar-refractivity contribution is 9.11. The number of methoxy groups -OCH3 is 1. The van der Waals surface area contributed by atoms with E-state index >= 15 is 0 Å². The number of hydrogen-bond donors (Lipinski definition) is 1. The molecule has 0 aromatic rings. The molecule has 0 amide bonds. The second kappa shape index (κ2) is 5.89. The van der Waals surface area contributed by atoms with Gasteiger partial charge in [0.25, 0.3) is 0 Å². The van der Waals surface area contributed by atoms with Crippen LogP contribution in [-0.2, 0) is 4.74 Å². The minimum absolute atomic E-state index is 0.635. The van der Waals surface area contributed by atoms with Gasteiger partial charge in [-0.15, -0.1) is 0 Å². The summed E-state index contributed by atoms with van der Waals surface area (Å²) in [5.74, 6) is 0. The molecule has 3 heteroatoms. The van der Waals surface area contributed by atoms with Crippen molar-refractivity contribution in [3.63, 3.8) is 0 Å². The molecule has 0 aliphatic rings. The molecule has 0 spiro atoms. The first-order valence-electron chi connectivity index (χ1n) is 3.60. The van der Waals surface area contributed by atoms with Crippen molar-refractivity contribution in [1.82, 2.24) is 0 Å². The molecule has 0 bridgehead atoms. The van der Waals surface area contributed by atoms with E-state index in [2.05, 4.69) is 15.9 Å². The number of halogens is 1. The maximum atomic E-state index is 5.65. The molecule has 0 aromatic heterocycles. The normalized spacial score (nSPS) is 14.8. The summed E-state index contributed by atoms with van der Waals surface area (Å²) in [6, 6.07) is 0. The van der Waals surface area contributed by atoms with Crippen LogP contribution in [-0.4, -0.2) is 7.11 Å². The average Bonchev–Trinajstić information content (AvgIpc) is 2.04. The standard InChI is InChI=1S/C9H14BrNO/c1-4-8(10)5-7(2)9(11)6-12-3/h4-6H,11H2,1-3H3/b7-5-,8-4+,9-6-. The first kappa shape index (κ1) is 11.3. The summed E-state index contributed by atoms with van der Waals surface area (Å²) in [6.07, 6.45) is 5.40. The third-order valence-corrected chi connectivity index (χ3v) is 2.02. The summed E-state index contributed by atoms with van der Waals surface area (Å²) in [6.45, 7) is 3.87. The number of hydrogen-bond acceptors (Lipinski definition) is 2. The third-order valence-electron chi connectivity index (χ3n) is 1.33. The second-order valence-electron chi connectivity index (χ2n) is 2.31. The predicted molar refractivity (Wildman–Crippen MR) is 55.7 cm³/mol. The predicted octanol–water partition coefficient (Wildman–Crippen LogP) is 2.68. The topological polar surface area (TPSA) is 35.2 Å². The van der Waals surface area contributed by atoms with E-state index in [1.807, 2.05) is 26.0 Å². The van der Waals surface area contributed by atoms with Crippen molar-refractivity contribution in [2.24, 2.45) is 5.73 Å². The Morgan fingerprint density at radius 3 is 2.50 bits per heavy atom. The zero-order valence-electron chi connectivity index (χ0n) is 7.60. The number of nitrogens with two attached hydrogens (primary N) is 1. The van der Waals surface area contributed by atoms with Crippen molar-refractivity contribution in [1.29, 1.82) is 0 Å². The average molecular weight is 232 g/mol. The highest BCUT2D eigenvalue weighted by atomic mass is 79.9. The van der Waals surface area contributed by atoms with Crippen LogP contribution in [0.1, 0.15) is 13.8 Å². The highest BCUT2D eigenvalue weighted by Gasteiger charge is 1.93. The Kier molecular flexibility index (Phi) is 5.54. The molecule has 0 saturated heterocycles. The molecule has 0 heterocycles. The molecular formula is C9H14BrNO. The first-order valence-corrected chi connectivity index (χ1v) is 4.40. The lowest BCUT2D eigenvalue weighted by Gasteiger charge is -2.00. The van der Waals surface area contributed by atoms with E-state index in [-0.39, 0.29) is 0 Å². The Morgan fingerprint density at radius 2 is 2.08 bits per heavy atom. The Bertz CT molecular complexity index is 229. The first-order chi connectivity index (χ1) is 5.61. The summed E-state index contributed by atoms with van der Waals surface area (Å²) < 4.78 is 5.78. The quantitative estimate of drug-likeness (QED) is 0.599. The van der Waals surface area contributed by atoms with Crippen LogP contribution in [0.15, 0.2) is 34.2 Å². The molecule has 0 saturated carbocycles. The molecule has 0 aromatic carbocycles. The lowest BCUT2D eigenvalue weighted by atomic mass is 10.2. The van der Waals surface area contributed by atoms with Crippen LogP contribution in [0, 0.1) is 0 Å². The summed E-state index contributed by atoms with van der Waals surface area (Å²) in [5.41, 5.74) is 7.26. The Labute approximate surface area is 81.9 Å². The lowest BCUT2D eigenvalue weighted by Crippen LogP contribution is -1.99. The van der Waals surface area contributed by atoms with E-state index in [4.69, 9.17) is 10.5 Å². The van der Waals surface area contributed by atoms with Gasteiger partial charge in [-0.2, -0.15) is 0 Å². The van der Waals surface area contributed by atoms with Gasteiger partial charge in [-0.05, 0) is 25.5 Å². The molecule has 0 rings (SSSR count). The number of allylic oxidation sites excluding steroid dienone is 4. The lowest BCUT2D eigenvalue weighted by molar-refractivity contribution is 0.334. The van der Waals surface area contributed by atoms with E-state index in [0.717, 1.165) is 10.1 Å². The van der Waals surface area contributed by atoms with E-state index in [9.17, 15) is 0 Å². The van der Waals surface area contributed by atoms with Gasteiger partial charge in [0.1, 0.15) is 6.26 Å². The minimum atomic E-state index is 0.635. The van der Waals surface area contributed by atoms with E-state index < -0.39 is 0 Å². The molecule has 0 atom stereocenters. The van der Waals surface area contributed by atoms with Gasteiger partial charge in [-0.25, -0.2) is 0 Å². The van der Waals surface area contributed by atoms with E-state index in [1.165, 1.54) is 6.26 Å². The van der Waals surface area contributed by atoms with Crippen LogP contribution in [0.5, 0.6) is 0 Å². The van der Waals surface area contributed by atoms with Crippen LogP contribution in [0.3, 0.4) is 0 Å². The Hall–Kier alpha value is -0.700.